The van der Waals surface area contributed by atoms with E-state index >= 15 is 0 Å². The maximum Gasteiger partial charge on any atom is 0.239 e. The summed E-state index contributed by atoms with van der Waals surface area (Å²) in [4.78, 5) is 26.7. The van der Waals surface area contributed by atoms with Crippen molar-refractivity contribution in [2.24, 2.45) is 0 Å². The van der Waals surface area contributed by atoms with Crippen molar-refractivity contribution in [3.8, 4) is 11.4 Å². The molecule has 4 rings (SSSR count). The highest BCUT2D eigenvalue weighted by Crippen LogP contribution is 2.29. The van der Waals surface area contributed by atoms with Crippen LogP contribution in [0.3, 0.4) is 0 Å². The number of benzene rings is 1. The SMILES string of the molecule is CNC(=O)CNc1ccc(-c2nc3ncc(C)c(NC4CCN(C(C)C)CC4)c3[nH]2)cc1. The summed E-state index contributed by atoms with van der Waals surface area (Å²) in [5.74, 6) is 0.733. The predicted octanol–water partition coefficient (Wildman–Crippen LogP) is 3.38. The van der Waals surface area contributed by atoms with Gasteiger partial charge < -0.3 is 25.8 Å². The van der Waals surface area contributed by atoms with Gasteiger partial charge in [-0.15, -0.1) is 0 Å². The number of anilines is 2. The zero-order valence-electron chi connectivity index (χ0n) is 19.3. The Balaban J connectivity index is 1.51. The van der Waals surface area contributed by atoms with Gasteiger partial charge in [0.05, 0.1) is 12.2 Å². The molecule has 0 unspecified atom stereocenters. The average Bonchev–Trinajstić information content (AvgIpc) is 3.24. The van der Waals surface area contributed by atoms with Crippen LogP contribution >= 0.6 is 0 Å². The molecule has 1 aliphatic rings. The van der Waals surface area contributed by atoms with Gasteiger partial charge in [0.1, 0.15) is 11.3 Å². The van der Waals surface area contributed by atoms with Crippen molar-refractivity contribution in [1.82, 2.24) is 25.2 Å². The largest absolute Gasteiger partial charge is 0.380 e. The first-order valence-corrected chi connectivity index (χ1v) is 11.4. The van der Waals surface area contributed by atoms with E-state index in [1.54, 1.807) is 7.05 Å². The van der Waals surface area contributed by atoms with Gasteiger partial charge in [-0.1, -0.05) is 0 Å². The molecule has 0 spiro atoms. The fourth-order valence-electron chi connectivity index (χ4n) is 4.16. The van der Waals surface area contributed by atoms with Crippen LogP contribution in [0.25, 0.3) is 22.6 Å². The quantitative estimate of drug-likeness (QED) is 0.454. The second-order valence-corrected chi connectivity index (χ2v) is 8.75. The number of amides is 1. The molecule has 8 heteroatoms. The lowest BCUT2D eigenvalue weighted by atomic mass is 10.0. The third-order valence-corrected chi connectivity index (χ3v) is 6.21. The molecular formula is C24H33N7O. The molecule has 4 N–H and O–H groups in total. The molecule has 1 fully saturated rings. The number of imidazole rings is 1. The number of nitrogens with zero attached hydrogens (tertiary/aromatic N) is 3. The fourth-order valence-corrected chi connectivity index (χ4v) is 4.16. The van der Waals surface area contributed by atoms with Gasteiger partial charge in [-0.3, -0.25) is 4.79 Å². The van der Waals surface area contributed by atoms with Gasteiger partial charge in [-0.05, 0) is 63.4 Å². The number of piperidine rings is 1. The molecule has 0 radical (unpaired) electrons. The van der Waals surface area contributed by atoms with Gasteiger partial charge in [0.25, 0.3) is 0 Å². The topological polar surface area (TPSA) is 98.0 Å². The molecule has 3 aromatic rings. The number of fused-ring (bicyclic) bond motifs is 1. The van der Waals surface area contributed by atoms with E-state index in [9.17, 15) is 4.79 Å². The monoisotopic (exact) mass is 435 g/mol. The van der Waals surface area contributed by atoms with E-state index in [2.05, 4.69) is 51.6 Å². The standard InChI is InChI=1S/C24H33N7O/c1-15(2)31-11-9-19(10-12-31)28-21-16(3)13-27-24-22(21)29-23(30-24)17-5-7-18(8-6-17)26-14-20(32)25-4/h5-8,13,15,19,26H,9-12,14H2,1-4H3,(H,25,32)(H2,27,28,29,30). The summed E-state index contributed by atoms with van der Waals surface area (Å²) in [6.07, 6.45) is 4.16. The van der Waals surface area contributed by atoms with Crippen LogP contribution in [-0.2, 0) is 4.79 Å². The Morgan fingerprint density at radius 1 is 1.22 bits per heavy atom. The van der Waals surface area contributed by atoms with E-state index in [1.165, 1.54) is 0 Å². The Morgan fingerprint density at radius 3 is 2.59 bits per heavy atom. The first kappa shape index (κ1) is 22.1. The maximum atomic E-state index is 11.4. The van der Waals surface area contributed by atoms with Gasteiger partial charge in [0, 0.05) is 49.7 Å². The van der Waals surface area contributed by atoms with E-state index < -0.39 is 0 Å². The van der Waals surface area contributed by atoms with Crippen LogP contribution in [0, 0.1) is 6.92 Å². The van der Waals surface area contributed by atoms with Crippen molar-refractivity contribution in [3.63, 3.8) is 0 Å². The highest BCUT2D eigenvalue weighted by molar-refractivity contribution is 5.89. The molecule has 8 nitrogen and oxygen atoms in total. The minimum Gasteiger partial charge on any atom is -0.380 e. The van der Waals surface area contributed by atoms with Crippen molar-refractivity contribution in [2.75, 3.05) is 37.3 Å². The lowest BCUT2D eigenvalue weighted by Crippen LogP contribution is -2.42. The third kappa shape index (κ3) is 4.85. The number of nitrogens with one attached hydrogen (secondary N) is 4. The first-order valence-electron chi connectivity index (χ1n) is 11.4. The molecule has 1 amide bonds. The van der Waals surface area contributed by atoms with E-state index in [-0.39, 0.29) is 12.5 Å². The Labute approximate surface area is 189 Å². The summed E-state index contributed by atoms with van der Waals surface area (Å²) in [7, 11) is 1.63. The number of carbonyl (C=O) groups excluding carboxylic acids is 1. The molecule has 0 bridgehead atoms. The fraction of sp³-hybridized carbons (Fsp3) is 0.458. The minimum absolute atomic E-state index is 0.0530. The van der Waals surface area contributed by atoms with E-state index in [1.807, 2.05) is 30.5 Å². The number of H-pyrrole nitrogens is 1. The molecule has 170 valence electrons. The average molecular weight is 436 g/mol. The van der Waals surface area contributed by atoms with Crippen molar-refractivity contribution < 1.29 is 4.79 Å². The van der Waals surface area contributed by atoms with Crippen molar-refractivity contribution >= 4 is 28.4 Å². The zero-order chi connectivity index (χ0) is 22.7. The number of hydrogen-bond acceptors (Lipinski definition) is 6. The summed E-state index contributed by atoms with van der Waals surface area (Å²) < 4.78 is 0. The molecule has 2 aromatic heterocycles. The molecule has 0 atom stereocenters. The number of aryl methyl sites for hydroxylation is 1. The van der Waals surface area contributed by atoms with Gasteiger partial charge in [-0.25, -0.2) is 9.97 Å². The van der Waals surface area contributed by atoms with Gasteiger partial charge >= 0.3 is 0 Å². The highest BCUT2D eigenvalue weighted by atomic mass is 16.1. The van der Waals surface area contributed by atoms with Crippen LogP contribution in [0.15, 0.2) is 30.5 Å². The lowest BCUT2D eigenvalue weighted by molar-refractivity contribution is -0.118. The molecule has 1 aliphatic heterocycles. The molecule has 1 aromatic carbocycles. The summed E-state index contributed by atoms with van der Waals surface area (Å²) in [6, 6.07) is 8.94. The van der Waals surface area contributed by atoms with Gasteiger partial charge in [0.2, 0.25) is 5.91 Å². The maximum absolute atomic E-state index is 11.4. The minimum atomic E-state index is -0.0530. The van der Waals surface area contributed by atoms with Gasteiger partial charge in [0.15, 0.2) is 5.65 Å². The van der Waals surface area contributed by atoms with E-state index in [4.69, 9.17) is 4.98 Å². The Kier molecular flexibility index (Phi) is 6.60. The molecule has 3 heterocycles. The molecular weight excluding hydrogens is 402 g/mol. The van der Waals surface area contributed by atoms with Crippen molar-refractivity contribution in [1.29, 1.82) is 0 Å². The Morgan fingerprint density at radius 2 is 1.94 bits per heavy atom. The summed E-state index contributed by atoms with van der Waals surface area (Å²) >= 11 is 0. The number of likely N-dealkylation sites (N-methyl/N-ethyl adjacent to an activating group) is 1. The van der Waals surface area contributed by atoms with Crippen molar-refractivity contribution in [3.05, 3.63) is 36.0 Å². The Bertz CT molecular complexity index is 1070. The van der Waals surface area contributed by atoms with E-state index in [0.29, 0.717) is 12.1 Å². The third-order valence-electron chi connectivity index (χ3n) is 6.21. The predicted molar refractivity (Wildman–Crippen MR) is 130 cm³/mol. The number of aromatic nitrogens is 3. The number of pyridine rings is 1. The lowest BCUT2D eigenvalue weighted by Gasteiger charge is -2.35. The number of carbonyl (C=O) groups is 1. The molecule has 0 saturated carbocycles. The smallest absolute Gasteiger partial charge is 0.239 e. The van der Waals surface area contributed by atoms with Crippen LogP contribution in [0.2, 0.25) is 0 Å². The number of rotatable bonds is 7. The number of aromatic amines is 1. The second kappa shape index (κ2) is 9.56. The normalized spacial score (nSPS) is 15.3. The number of hydrogen-bond donors (Lipinski definition) is 4. The van der Waals surface area contributed by atoms with Crippen molar-refractivity contribution in [2.45, 2.75) is 45.7 Å². The molecule has 32 heavy (non-hydrogen) atoms. The second-order valence-electron chi connectivity index (χ2n) is 8.75. The van der Waals surface area contributed by atoms with E-state index in [0.717, 1.165) is 65.4 Å². The van der Waals surface area contributed by atoms with Crippen LogP contribution in [0.1, 0.15) is 32.3 Å². The van der Waals surface area contributed by atoms with Crippen LogP contribution in [0.4, 0.5) is 11.4 Å². The number of likely N-dealkylation sites (tertiary alicyclic amines) is 1. The highest BCUT2D eigenvalue weighted by Gasteiger charge is 2.22. The summed E-state index contributed by atoms with van der Waals surface area (Å²) in [5.41, 5.74) is 5.75. The van der Waals surface area contributed by atoms with Gasteiger partial charge in [-0.2, -0.15) is 0 Å². The van der Waals surface area contributed by atoms with Crippen LogP contribution in [-0.4, -0.2) is 64.5 Å². The first-order chi connectivity index (χ1) is 15.4. The summed E-state index contributed by atoms with van der Waals surface area (Å²) in [5, 5.41) is 9.48. The zero-order valence-corrected chi connectivity index (χ0v) is 19.3. The Hall–Kier alpha value is -3.13. The summed E-state index contributed by atoms with van der Waals surface area (Å²) in [6.45, 7) is 9.11. The van der Waals surface area contributed by atoms with Crippen LogP contribution in [0.5, 0.6) is 0 Å². The molecule has 0 aliphatic carbocycles. The molecule has 1 saturated heterocycles. The van der Waals surface area contributed by atoms with Crippen LogP contribution < -0.4 is 16.0 Å².